The van der Waals surface area contributed by atoms with Crippen molar-refractivity contribution in [1.82, 2.24) is 4.90 Å². The first-order chi connectivity index (χ1) is 14.7. The van der Waals surface area contributed by atoms with Gasteiger partial charge in [-0.3, -0.25) is 4.79 Å². The molecular formula is C22H29NO7. The van der Waals surface area contributed by atoms with E-state index >= 15 is 0 Å². The first-order valence-electron chi connectivity index (χ1n) is 10.6. The Bertz CT molecular complexity index is 775. The number of aliphatic hydroxyl groups is 1. The second-order valence-electron chi connectivity index (χ2n) is 7.55. The lowest BCUT2D eigenvalue weighted by atomic mass is 9.80. The summed E-state index contributed by atoms with van der Waals surface area (Å²) in [7, 11) is 0. The highest BCUT2D eigenvalue weighted by Crippen LogP contribution is 2.43. The Morgan fingerprint density at radius 3 is 2.80 bits per heavy atom. The lowest BCUT2D eigenvalue weighted by Crippen LogP contribution is -2.44. The fourth-order valence-electron chi connectivity index (χ4n) is 4.18. The van der Waals surface area contributed by atoms with Gasteiger partial charge in [0.2, 0.25) is 13.1 Å². The molecule has 1 aromatic rings. The average Bonchev–Trinajstić information content (AvgIpc) is 3.26. The highest BCUT2D eigenvalue weighted by molar-refractivity contribution is 5.92. The molecule has 0 aromatic heterocycles. The van der Waals surface area contributed by atoms with Gasteiger partial charge in [-0.05, 0) is 43.5 Å². The number of amides is 1. The van der Waals surface area contributed by atoms with Gasteiger partial charge in [0.05, 0.1) is 13.2 Å². The van der Waals surface area contributed by atoms with E-state index < -0.39 is 6.29 Å². The standard InChI is InChI=1S/C22H29NO7/c1-2-27-22-16(4-3-9-24)17(15-5-6-18-19(12-15)29-14-28-18)13-20(30-22)21(25)23-7-10-26-11-8-23/h5-6,12-13,16-17,22,24H,2-4,7-11,14H2,1H3/t16-,17+,22+/m1/s1. The van der Waals surface area contributed by atoms with E-state index in [1.807, 2.05) is 31.2 Å². The second kappa shape index (κ2) is 9.68. The predicted octanol–water partition coefficient (Wildman–Crippen LogP) is 2.02. The third-order valence-electron chi connectivity index (χ3n) is 5.70. The van der Waals surface area contributed by atoms with Crippen LogP contribution < -0.4 is 9.47 Å². The van der Waals surface area contributed by atoms with Crippen LogP contribution in [0.25, 0.3) is 0 Å². The summed E-state index contributed by atoms with van der Waals surface area (Å²) in [5, 5.41) is 9.40. The van der Waals surface area contributed by atoms with Crippen LogP contribution in [0.3, 0.4) is 0 Å². The third-order valence-corrected chi connectivity index (χ3v) is 5.70. The molecule has 0 unspecified atom stereocenters. The van der Waals surface area contributed by atoms with Crippen molar-refractivity contribution in [2.75, 3.05) is 46.3 Å². The summed E-state index contributed by atoms with van der Waals surface area (Å²) in [5.41, 5.74) is 1.00. The smallest absolute Gasteiger partial charge is 0.288 e. The number of nitrogens with zero attached hydrogens (tertiary/aromatic N) is 1. The molecular weight excluding hydrogens is 390 g/mol. The topological polar surface area (TPSA) is 86.7 Å². The summed E-state index contributed by atoms with van der Waals surface area (Å²) < 4.78 is 28.3. The monoisotopic (exact) mass is 419 g/mol. The molecule has 1 amide bonds. The summed E-state index contributed by atoms with van der Waals surface area (Å²) in [6.45, 7) is 4.81. The van der Waals surface area contributed by atoms with E-state index in [9.17, 15) is 9.90 Å². The number of rotatable bonds is 7. The van der Waals surface area contributed by atoms with Gasteiger partial charge in [0, 0.05) is 38.1 Å². The van der Waals surface area contributed by atoms with Crippen LogP contribution in [0.5, 0.6) is 11.5 Å². The molecule has 0 spiro atoms. The number of benzene rings is 1. The van der Waals surface area contributed by atoms with E-state index in [0.29, 0.717) is 63.0 Å². The van der Waals surface area contributed by atoms with Crippen LogP contribution in [-0.4, -0.2) is 68.5 Å². The van der Waals surface area contributed by atoms with E-state index in [1.54, 1.807) is 4.90 Å². The summed E-state index contributed by atoms with van der Waals surface area (Å²) >= 11 is 0. The Kier molecular flexibility index (Phi) is 6.76. The predicted molar refractivity (Wildman–Crippen MR) is 107 cm³/mol. The highest BCUT2D eigenvalue weighted by Gasteiger charge is 2.39. The van der Waals surface area contributed by atoms with Gasteiger partial charge in [0.15, 0.2) is 17.3 Å². The Morgan fingerprint density at radius 1 is 1.23 bits per heavy atom. The van der Waals surface area contributed by atoms with Crippen LogP contribution >= 0.6 is 0 Å². The fraction of sp³-hybridized carbons (Fsp3) is 0.591. The summed E-state index contributed by atoms with van der Waals surface area (Å²) in [5.74, 6) is 1.41. The molecule has 164 valence electrons. The van der Waals surface area contributed by atoms with Crippen molar-refractivity contribution in [3.63, 3.8) is 0 Å². The van der Waals surface area contributed by atoms with Crippen molar-refractivity contribution in [2.45, 2.75) is 32.0 Å². The van der Waals surface area contributed by atoms with Gasteiger partial charge in [0.25, 0.3) is 5.91 Å². The van der Waals surface area contributed by atoms with Gasteiger partial charge >= 0.3 is 0 Å². The maximum atomic E-state index is 13.1. The van der Waals surface area contributed by atoms with Crippen molar-refractivity contribution in [1.29, 1.82) is 0 Å². The molecule has 0 aliphatic carbocycles. The lowest BCUT2D eigenvalue weighted by Gasteiger charge is -2.38. The number of morpholine rings is 1. The first kappa shape index (κ1) is 21.0. The Hall–Kier alpha value is -2.29. The number of carbonyl (C=O) groups is 1. The molecule has 8 heteroatoms. The van der Waals surface area contributed by atoms with E-state index in [4.69, 9.17) is 23.7 Å². The van der Waals surface area contributed by atoms with Crippen molar-refractivity contribution < 1.29 is 33.6 Å². The minimum atomic E-state index is -0.568. The molecule has 0 saturated carbocycles. The van der Waals surface area contributed by atoms with Crippen molar-refractivity contribution in [3.05, 3.63) is 35.6 Å². The zero-order chi connectivity index (χ0) is 20.9. The van der Waals surface area contributed by atoms with Crippen molar-refractivity contribution >= 4 is 5.91 Å². The second-order valence-corrected chi connectivity index (χ2v) is 7.55. The van der Waals surface area contributed by atoms with Crippen molar-refractivity contribution in [3.8, 4) is 11.5 Å². The molecule has 1 fully saturated rings. The summed E-state index contributed by atoms with van der Waals surface area (Å²) in [4.78, 5) is 14.9. The fourth-order valence-corrected chi connectivity index (χ4v) is 4.18. The largest absolute Gasteiger partial charge is 0.459 e. The Labute approximate surface area is 176 Å². The molecule has 1 aromatic carbocycles. The molecule has 0 bridgehead atoms. The minimum Gasteiger partial charge on any atom is -0.459 e. The van der Waals surface area contributed by atoms with Gasteiger partial charge in [-0.2, -0.15) is 0 Å². The zero-order valence-electron chi connectivity index (χ0n) is 17.2. The number of fused-ring (bicyclic) bond motifs is 1. The lowest BCUT2D eigenvalue weighted by molar-refractivity contribution is -0.171. The van der Waals surface area contributed by atoms with E-state index in [0.717, 1.165) is 5.56 Å². The molecule has 30 heavy (non-hydrogen) atoms. The van der Waals surface area contributed by atoms with Crippen LogP contribution in [0.4, 0.5) is 0 Å². The molecule has 3 aliphatic heterocycles. The Balaban J connectivity index is 1.67. The van der Waals surface area contributed by atoms with Crippen LogP contribution in [-0.2, 0) is 19.0 Å². The maximum Gasteiger partial charge on any atom is 0.288 e. The Morgan fingerprint density at radius 2 is 2.03 bits per heavy atom. The minimum absolute atomic E-state index is 0.0429. The van der Waals surface area contributed by atoms with E-state index in [2.05, 4.69) is 0 Å². The molecule has 3 aliphatic rings. The van der Waals surface area contributed by atoms with Crippen LogP contribution in [0.1, 0.15) is 31.2 Å². The van der Waals surface area contributed by atoms with Crippen LogP contribution in [0.15, 0.2) is 30.0 Å². The summed E-state index contributed by atoms with van der Waals surface area (Å²) in [6.07, 6.45) is 2.66. The van der Waals surface area contributed by atoms with Crippen LogP contribution in [0, 0.1) is 5.92 Å². The van der Waals surface area contributed by atoms with Crippen molar-refractivity contribution in [2.24, 2.45) is 5.92 Å². The quantitative estimate of drug-likeness (QED) is 0.724. The number of aliphatic hydroxyl groups excluding tert-OH is 1. The normalized spacial score (nSPS) is 25.6. The van der Waals surface area contributed by atoms with Crippen LogP contribution in [0.2, 0.25) is 0 Å². The highest BCUT2D eigenvalue weighted by atomic mass is 16.7. The molecule has 1 N–H and O–H groups in total. The number of allylic oxidation sites excluding steroid dienone is 1. The molecule has 4 rings (SSSR count). The molecule has 0 radical (unpaired) electrons. The number of hydrogen-bond donors (Lipinski definition) is 1. The van der Waals surface area contributed by atoms with Gasteiger partial charge in [-0.15, -0.1) is 0 Å². The molecule has 3 heterocycles. The van der Waals surface area contributed by atoms with Gasteiger partial charge in [-0.25, -0.2) is 0 Å². The van der Waals surface area contributed by atoms with E-state index in [-0.39, 0.29) is 31.1 Å². The van der Waals surface area contributed by atoms with Gasteiger partial charge in [-0.1, -0.05) is 6.07 Å². The molecule has 8 nitrogen and oxygen atoms in total. The average molecular weight is 419 g/mol. The molecule has 3 atom stereocenters. The van der Waals surface area contributed by atoms with Gasteiger partial charge in [0.1, 0.15) is 0 Å². The third kappa shape index (κ3) is 4.40. The number of ether oxygens (including phenoxy) is 5. The maximum absolute atomic E-state index is 13.1. The molecule has 1 saturated heterocycles. The van der Waals surface area contributed by atoms with E-state index in [1.165, 1.54) is 0 Å². The SMILES string of the molecule is CCO[C@H]1OC(C(=O)N2CCOCC2)=C[C@@H](c2ccc3c(c2)OCO3)[C@H]1CCCO. The summed E-state index contributed by atoms with van der Waals surface area (Å²) in [6, 6.07) is 5.84. The number of hydrogen-bond acceptors (Lipinski definition) is 7. The van der Waals surface area contributed by atoms with Gasteiger partial charge < -0.3 is 33.7 Å². The zero-order valence-corrected chi connectivity index (χ0v) is 17.2. The first-order valence-corrected chi connectivity index (χ1v) is 10.6. The number of carbonyl (C=O) groups excluding carboxylic acids is 1.